The third-order valence-corrected chi connectivity index (χ3v) is 3.12. The van der Waals surface area contributed by atoms with Gasteiger partial charge in [-0.05, 0) is 30.3 Å². The molecule has 2 rings (SSSR count). The van der Waals surface area contributed by atoms with Crippen molar-refractivity contribution >= 4 is 17.5 Å². The van der Waals surface area contributed by atoms with E-state index < -0.39 is 0 Å². The highest BCUT2D eigenvalue weighted by Crippen LogP contribution is 2.13. The van der Waals surface area contributed by atoms with Crippen molar-refractivity contribution in [2.24, 2.45) is 0 Å². The number of nitrogens with zero attached hydrogens (tertiary/aromatic N) is 1. The molecule has 2 aromatic rings. The molecule has 1 heterocycles. The molecule has 0 atom stereocenters. The molecule has 0 saturated heterocycles. The van der Waals surface area contributed by atoms with Crippen LogP contribution in [0.1, 0.15) is 22.5 Å². The van der Waals surface area contributed by atoms with E-state index in [9.17, 15) is 9.59 Å². The summed E-state index contributed by atoms with van der Waals surface area (Å²) in [6.07, 6.45) is 2.29. The lowest BCUT2D eigenvalue weighted by molar-refractivity contribution is -0.121. The number of hydrogen-bond donors (Lipinski definition) is 2. The Morgan fingerprint density at radius 3 is 2.64 bits per heavy atom. The van der Waals surface area contributed by atoms with Gasteiger partial charge in [-0.2, -0.15) is 0 Å². The van der Waals surface area contributed by atoms with Crippen LogP contribution in [-0.2, 0) is 11.2 Å². The molecule has 0 aliphatic rings. The first-order valence-corrected chi connectivity index (χ1v) is 6.95. The number of carbonyl (C=O) groups is 2. The van der Waals surface area contributed by atoms with E-state index in [1.807, 2.05) is 25.1 Å². The second-order valence-corrected chi connectivity index (χ2v) is 5.03. The van der Waals surface area contributed by atoms with Crippen molar-refractivity contribution in [3.63, 3.8) is 0 Å². The smallest absolute Gasteiger partial charge is 0.269 e. The van der Waals surface area contributed by atoms with Gasteiger partial charge >= 0.3 is 0 Å². The molecule has 0 bridgehead atoms. The van der Waals surface area contributed by atoms with Gasteiger partial charge in [0.1, 0.15) is 5.76 Å². The highest BCUT2D eigenvalue weighted by molar-refractivity contribution is 5.96. The van der Waals surface area contributed by atoms with E-state index in [-0.39, 0.29) is 18.2 Å². The Morgan fingerprint density at radius 1 is 1.14 bits per heavy atom. The number of furan rings is 1. The molecule has 0 saturated carbocycles. The molecule has 22 heavy (non-hydrogen) atoms. The first-order chi connectivity index (χ1) is 10.6. The first kappa shape index (κ1) is 15.6. The normalized spacial score (nSPS) is 10.1. The Bertz CT molecular complexity index is 636. The van der Waals surface area contributed by atoms with Crippen LogP contribution in [0.2, 0.25) is 0 Å². The fraction of sp³-hybridized carbons (Fsp3) is 0.250. The zero-order chi connectivity index (χ0) is 15.9. The van der Waals surface area contributed by atoms with Crippen LogP contribution in [0.4, 0.5) is 5.69 Å². The van der Waals surface area contributed by atoms with Gasteiger partial charge in [-0.1, -0.05) is 6.07 Å². The monoisotopic (exact) mass is 301 g/mol. The van der Waals surface area contributed by atoms with Crippen molar-refractivity contribution in [1.29, 1.82) is 0 Å². The maximum Gasteiger partial charge on any atom is 0.269 e. The highest BCUT2D eigenvalue weighted by Gasteiger charge is 2.09. The molecule has 0 aliphatic heterocycles. The molecule has 116 valence electrons. The first-order valence-electron chi connectivity index (χ1n) is 6.95. The van der Waals surface area contributed by atoms with Crippen LogP contribution in [0.3, 0.4) is 0 Å². The van der Waals surface area contributed by atoms with Gasteiger partial charge in [0.15, 0.2) is 0 Å². The molecule has 1 aromatic carbocycles. The van der Waals surface area contributed by atoms with E-state index in [2.05, 4.69) is 10.9 Å². The topological polar surface area (TPSA) is 74.6 Å². The fourth-order valence-corrected chi connectivity index (χ4v) is 1.88. The molecule has 0 unspecified atom stereocenters. The van der Waals surface area contributed by atoms with E-state index in [0.717, 1.165) is 11.4 Å². The van der Waals surface area contributed by atoms with Crippen molar-refractivity contribution in [2.75, 3.05) is 19.0 Å². The largest absolute Gasteiger partial charge is 0.469 e. The van der Waals surface area contributed by atoms with Crippen LogP contribution in [-0.4, -0.2) is 25.9 Å². The van der Waals surface area contributed by atoms with Crippen LogP contribution in [0, 0.1) is 0 Å². The minimum absolute atomic E-state index is 0.242. The van der Waals surface area contributed by atoms with Crippen molar-refractivity contribution in [2.45, 2.75) is 12.8 Å². The van der Waals surface area contributed by atoms with E-state index in [1.54, 1.807) is 36.6 Å². The zero-order valence-electron chi connectivity index (χ0n) is 12.6. The molecule has 0 aliphatic carbocycles. The second kappa shape index (κ2) is 7.31. The van der Waals surface area contributed by atoms with E-state index in [1.165, 1.54) is 0 Å². The van der Waals surface area contributed by atoms with E-state index in [4.69, 9.17) is 4.42 Å². The molecule has 0 radical (unpaired) electrons. The molecule has 2 N–H and O–H groups in total. The van der Waals surface area contributed by atoms with Crippen LogP contribution in [0.25, 0.3) is 0 Å². The standard InChI is InChI=1S/C16H19N3O3/c1-19(2)13-6-3-5-12(11-13)16(21)18-17-15(20)9-8-14-7-4-10-22-14/h3-7,10-11H,8-9H2,1-2H3,(H,17,20)(H,18,21). The molecule has 2 amide bonds. The lowest BCUT2D eigenvalue weighted by Gasteiger charge is -2.13. The molecule has 0 spiro atoms. The van der Waals surface area contributed by atoms with Gasteiger partial charge in [0.2, 0.25) is 5.91 Å². The summed E-state index contributed by atoms with van der Waals surface area (Å²) in [6, 6.07) is 10.7. The minimum Gasteiger partial charge on any atom is -0.469 e. The summed E-state index contributed by atoms with van der Waals surface area (Å²) < 4.78 is 5.14. The Labute approximate surface area is 129 Å². The molecule has 1 aromatic heterocycles. The summed E-state index contributed by atoms with van der Waals surface area (Å²) in [6.45, 7) is 0. The van der Waals surface area contributed by atoms with Gasteiger partial charge in [0, 0.05) is 38.2 Å². The number of anilines is 1. The minimum atomic E-state index is -0.352. The number of benzene rings is 1. The van der Waals surface area contributed by atoms with Gasteiger partial charge in [0.05, 0.1) is 6.26 Å². The van der Waals surface area contributed by atoms with E-state index in [0.29, 0.717) is 12.0 Å². The SMILES string of the molecule is CN(C)c1cccc(C(=O)NNC(=O)CCc2ccco2)c1. The molecule has 6 nitrogen and oxygen atoms in total. The Morgan fingerprint density at radius 2 is 1.95 bits per heavy atom. The number of aryl methyl sites for hydroxylation is 1. The lowest BCUT2D eigenvalue weighted by atomic mass is 10.2. The van der Waals surface area contributed by atoms with Gasteiger partial charge in [-0.3, -0.25) is 20.4 Å². The van der Waals surface area contributed by atoms with Gasteiger partial charge in [-0.25, -0.2) is 0 Å². The number of amides is 2. The summed E-state index contributed by atoms with van der Waals surface area (Å²) in [5.74, 6) is 0.115. The predicted octanol–water partition coefficient (Wildman–Crippen LogP) is 1.74. The Hall–Kier alpha value is -2.76. The van der Waals surface area contributed by atoms with Crippen molar-refractivity contribution < 1.29 is 14.0 Å². The van der Waals surface area contributed by atoms with Gasteiger partial charge in [-0.15, -0.1) is 0 Å². The Kier molecular flexibility index (Phi) is 5.19. The van der Waals surface area contributed by atoms with Gasteiger partial charge in [0.25, 0.3) is 5.91 Å². The lowest BCUT2D eigenvalue weighted by Crippen LogP contribution is -2.41. The summed E-state index contributed by atoms with van der Waals surface area (Å²) in [5, 5.41) is 0. The number of carbonyl (C=O) groups excluding carboxylic acids is 2. The molecule has 6 heteroatoms. The number of hydrogen-bond acceptors (Lipinski definition) is 4. The average molecular weight is 301 g/mol. The summed E-state index contributed by atoms with van der Waals surface area (Å²) in [7, 11) is 3.79. The Balaban J connectivity index is 1.81. The quantitative estimate of drug-likeness (QED) is 0.825. The number of rotatable bonds is 5. The van der Waals surface area contributed by atoms with Crippen LogP contribution < -0.4 is 15.8 Å². The second-order valence-electron chi connectivity index (χ2n) is 5.03. The van der Waals surface area contributed by atoms with Crippen molar-refractivity contribution in [3.8, 4) is 0 Å². The van der Waals surface area contributed by atoms with Gasteiger partial charge < -0.3 is 9.32 Å². The maximum absolute atomic E-state index is 12.0. The van der Waals surface area contributed by atoms with E-state index >= 15 is 0 Å². The third-order valence-electron chi connectivity index (χ3n) is 3.12. The van der Waals surface area contributed by atoms with Crippen LogP contribution in [0.5, 0.6) is 0 Å². The number of hydrazine groups is 1. The highest BCUT2D eigenvalue weighted by atomic mass is 16.3. The summed E-state index contributed by atoms with van der Waals surface area (Å²) in [5.41, 5.74) is 6.20. The van der Waals surface area contributed by atoms with Crippen LogP contribution in [0.15, 0.2) is 47.1 Å². The van der Waals surface area contributed by atoms with Crippen molar-refractivity contribution in [1.82, 2.24) is 10.9 Å². The predicted molar refractivity (Wildman–Crippen MR) is 83.4 cm³/mol. The summed E-state index contributed by atoms with van der Waals surface area (Å²) >= 11 is 0. The van der Waals surface area contributed by atoms with Crippen molar-refractivity contribution in [3.05, 3.63) is 54.0 Å². The maximum atomic E-state index is 12.0. The third kappa shape index (κ3) is 4.37. The average Bonchev–Trinajstić information content (AvgIpc) is 3.04. The number of nitrogens with one attached hydrogen (secondary N) is 2. The van der Waals surface area contributed by atoms with Crippen LogP contribution >= 0.6 is 0 Å². The fourth-order valence-electron chi connectivity index (χ4n) is 1.88. The molecule has 0 fully saturated rings. The zero-order valence-corrected chi connectivity index (χ0v) is 12.6. The molecular formula is C16H19N3O3. The summed E-state index contributed by atoms with van der Waals surface area (Å²) in [4.78, 5) is 25.6. The molecular weight excluding hydrogens is 282 g/mol.